The quantitative estimate of drug-likeness (QED) is 0.575. The summed E-state index contributed by atoms with van der Waals surface area (Å²) in [5.41, 5.74) is 1.34. The molecule has 0 saturated carbocycles. The van der Waals surface area contributed by atoms with E-state index in [1.54, 1.807) is 23.1 Å². The molecule has 1 amide bonds. The first-order valence-electron chi connectivity index (χ1n) is 9.70. The molecule has 31 heavy (non-hydrogen) atoms. The van der Waals surface area contributed by atoms with E-state index >= 15 is 0 Å². The van der Waals surface area contributed by atoms with Gasteiger partial charge in [0, 0.05) is 29.7 Å². The van der Waals surface area contributed by atoms with Gasteiger partial charge in [-0.1, -0.05) is 41.9 Å². The van der Waals surface area contributed by atoms with Gasteiger partial charge in [0.15, 0.2) is 5.69 Å². The van der Waals surface area contributed by atoms with Crippen LogP contribution in [0.5, 0.6) is 0 Å². The molecular weight excluding hydrogens is 486 g/mol. The number of benzene rings is 2. The summed E-state index contributed by atoms with van der Waals surface area (Å²) in [5, 5.41) is 10.3. The van der Waals surface area contributed by atoms with Crippen molar-refractivity contribution in [2.45, 2.75) is 26.1 Å². The number of carboxylic acid groups (broad SMARTS) is 1. The standard InChI is InChI=1S/C22H19BrClN3O4/c23-16-7-6-15(12-17(16)24)20(28)25-10-11-26-18(13-25)19(21(29)30)27(22(26)31)9-8-14-4-2-1-3-5-14/h1-7,12H,8-11,13H2,(H,29,30). The molecule has 0 aliphatic carbocycles. The summed E-state index contributed by atoms with van der Waals surface area (Å²) < 4.78 is 3.45. The zero-order valence-electron chi connectivity index (χ0n) is 16.4. The summed E-state index contributed by atoms with van der Waals surface area (Å²) >= 11 is 9.41. The Bertz CT molecular complexity index is 1220. The highest BCUT2D eigenvalue weighted by Gasteiger charge is 2.31. The molecule has 1 aliphatic rings. The number of carboxylic acids is 1. The Morgan fingerprint density at radius 2 is 1.84 bits per heavy atom. The van der Waals surface area contributed by atoms with E-state index in [4.69, 9.17) is 11.6 Å². The molecule has 2 aromatic carbocycles. The number of amides is 1. The first kappa shape index (κ1) is 21.4. The molecule has 0 saturated heterocycles. The third kappa shape index (κ3) is 4.18. The van der Waals surface area contributed by atoms with Gasteiger partial charge in [0.2, 0.25) is 0 Å². The molecule has 0 radical (unpaired) electrons. The number of rotatable bonds is 5. The number of aromatic nitrogens is 2. The number of aryl methyl sites for hydroxylation is 1. The van der Waals surface area contributed by atoms with Crippen molar-refractivity contribution >= 4 is 39.4 Å². The van der Waals surface area contributed by atoms with Gasteiger partial charge in [0.05, 0.1) is 17.3 Å². The fourth-order valence-corrected chi connectivity index (χ4v) is 4.26. The Labute approximate surface area is 191 Å². The number of carbonyl (C=O) groups is 2. The lowest BCUT2D eigenvalue weighted by Crippen LogP contribution is -2.41. The van der Waals surface area contributed by atoms with E-state index in [-0.39, 0.29) is 36.9 Å². The molecule has 0 spiro atoms. The third-order valence-corrected chi connectivity index (χ3v) is 6.62. The summed E-state index contributed by atoms with van der Waals surface area (Å²) in [6.45, 7) is 0.840. The highest BCUT2D eigenvalue weighted by molar-refractivity contribution is 9.10. The number of hydrogen-bond donors (Lipinski definition) is 1. The van der Waals surface area contributed by atoms with Crippen LogP contribution in [0.4, 0.5) is 0 Å². The average Bonchev–Trinajstić information content (AvgIpc) is 3.05. The molecule has 160 valence electrons. The molecular formula is C22H19BrClN3O4. The molecule has 1 aromatic heterocycles. The smallest absolute Gasteiger partial charge is 0.354 e. The highest BCUT2D eigenvalue weighted by Crippen LogP contribution is 2.25. The maximum atomic E-state index is 13.0. The topological polar surface area (TPSA) is 84.5 Å². The van der Waals surface area contributed by atoms with Crippen LogP contribution in [-0.4, -0.2) is 37.6 Å². The van der Waals surface area contributed by atoms with Gasteiger partial charge >= 0.3 is 11.7 Å². The normalized spacial score (nSPS) is 13.2. The van der Waals surface area contributed by atoms with Gasteiger partial charge in [-0.3, -0.25) is 13.9 Å². The van der Waals surface area contributed by atoms with Crippen LogP contribution >= 0.6 is 27.5 Å². The lowest BCUT2D eigenvalue weighted by molar-refractivity contribution is 0.0660. The van der Waals surface area contributed by atoms with E-state index in [0.717, 1.165) is 5.56 Å². The number of hydrogen-bond acceptors (Lipinski definition) is 3. The Morgan fingerprint density at radius 1 is 1.10 bits per heavy atom. The van der Waals surface area contributed by atoms with Crippen LogP contribution in [0.3, 0.4) is 0 Å². The summed E-state index contributed by atoms with van der Waals surface area (Å²) in [5.74, 6) is -1.44. The van der Waals surface area contributed by atoms with Crippen LogP contribution in [0.25, 0.3) is 0 Å². The second-order valence-corrected chi connectivity index (χ2v) is 8.54. The lowest BCUT2D eigenvalue weighted by atomic mass is 10.1. The SMILES string of the molecule is O=C(O)c1c2n(c(=O)n1CCc1ccccc1)CCN(C(=O)c1ccc(Br)c(Cl)c1)C2. The van der Waals surface area contributed by atoms with E-state index in [9.17, 15) is 19.5 Å². The van der Waals surface area contributed by atoms with Crippen LogP contribution in [0.2, 0.25) is 5.02 Å². The fourth-order valence-electron chi connectivity index (χ4n) is 3.83. The lowest BCUT2D eigenvalue weighted by Gasteiger charge is -2.28. The predicted octanol–water partition coefficient (Wildman–Crippen LogP) is 3.66. The summed E-state index contributed by atoms with van der Waals surface area (Å²) in [6.07, 6.45) is 0.532. The third-order valence-electron chi connectivity index (χ3n) is 5.39. The molecule has 0 unspecified atom stereocenters. The van der Waals surface area contributed by atoms with Crippen LogP contribution in [0.1, 0.15) is 32.1 Å². The average molecular weight is 505 g/mol. The summed E-state index contributed by atoms with van der Waals surface area (Å²) in [7, 11) is 0. The summed E-state index contributed by atoms with van der Waals surface area (Å²) in [4.78, 5) is 39.5. The van der Waals surface area contributed by atoms with Crippen molar-refractivity contribution in [2.24, 2.45) is 0 Å². The molecule has 4 rings (SSSR count). The van der Waals surface area contributed by atoms with Crippen molar-refractivity contribution in [3.8, 4) is 0 Å². The Balaban J connectivity index is 1.63. The van der Waals surface area contributed by atoms with Gasteiger partial charge in [0.25, 0.3) is 5.91 Å². The van der Waals surface area contributed by atoms with Crippen molar-refractivity contribution in [1.82, 2.24) is 14.0 Å². The number of halogens is 2. The van der Waals surface area contributed by atoms with Gasteiger partial charge in [-0.15, -0.1) is 0 Å². The van der Waals surface area contributed by atoms with Crippen molar-refractivity contribution in [3.05, 3.63) is 91.0 Å². The maximum Gasteiger partial charge on any atom is 0.354 e. The van der Waals surface area contributed by atoms with Crippen LogP contribution in [0.15, 0.2) is 57.8 Å². The number of nitrogens with zero attached hydrogens (tertiary/aromatic N) is 3. The Kier molecular flexibility index (Phi) is 6.02. The fraction of sp³-hybridized carbons (Fsp3) is 0.227. The van der Waals surface area contributed by atoms with Gasteiger partial charge in [-0.2, -0.15) is 0 Å². The molecule has 7 nitrogen and oxygen atoms in total. The van der Waals surface area contributed by atoms with Gasteiger partial charge in [0.1, 0.15) is 0 Å². The first-order chi connectivity index (χ1) is 14.9. The summed E-state index contributed by atoms with van der Waals surface area (Å²) in [6, 6.07) is 14.5. The Morgan fingerprint density at radius 3 is 2.52 bits per heavy atom. The largest absolute Gasteiger partial charge is 0.477 e. The van der Waals surface area contributed by atoms with Gasteiger partial charge in [-0.25, -0.2) is 9.59 Å². The zero-order chi connectivity index (χ0) is 22.1. The monoisotopic (exact) mass is 503 g/mol. The highest BCUT2D eigenvalue weighted by atomic mass is 79.9. The molecule has 0 atom stereocenters. The van der Waals surface area contributed by atoms with E-state index in [0.29, 0.717) is 33.7 Å². The molecule has 2 heterocycles. The van der Waals surface area contributed by atoms with E-state index in [2.05, 4.69) is 15.9 Å². The number of imidazole rings is 1. The van der Waals surface area contributed by atoms with Crippen molar-refractivity contribution in [3.63, 3.8) is 0 Å². The number of aromatic carboxylic acids is 1. The predicted molar refractivity (Wildman–Crippen MR) is 120 cm³/mol. The van der Waals surface area contributed by atoms with Gasteiger partial charge in [-0.05, 0) is 46.1 Å². The molecule has 3 aromatic rings. The maximum absolute atomic E-state index is 13.0. The number of fused-ring (bicyclic) bond motifs is 1. The Hall–Kier alpha value is -2.84. The van der Waals surface area contributed by atoms with E-state index < -0.39 is 5.97 Å². The minimum absolute atomic E-state index is 0.0434. The zero-order valence-corrected chi connectivity index (χ0v) is 18.8. The molecule has 1 aliphatic heterocycles. The number of carbonyl (C=O) groups excluding carboxylic acids is 1. The molecule has 0 fully saturated rings. The molecule has 0 bridgehead atoms. The second kappa shape index (κ2) is 8.72. The van der Waals surface area contributed by atoms with Crippen molar-refractivity contribution in [2.75, 3.05) is 6.54 Å². The van der Waals surface area contributed by atoms with E-state index in [1.165, 1.54) is 9.13 Å². The molecule has 1 N–H and O–H groups in total. The first-order valence-corrected chi connectivity index (χ1v) is 10.9. The van der Waals surface area contributed by atoms with Crippen LogP contribution in [-0.2, 0) is 26.1 Å². The minimum Gasteiger partial charge on any atom is -0.477 e. The second-order valence-electron chi connectivity index (χ2n) is 7.28. The minimum atomic E-state index is -1.18. The molecule has 9 heteroatoms. The van der Waals surface area contributed by atoms with Gasteiger partial charge < -0.3 is 10.0 Å². The van der Waals surface area contributed by atoms with E-state index in [1.807, 2.05) is 30.3 Å². The van der Waals surface area contributed by atoms with Crippen molar-refractivity contribution in [1.29, 1.82) is 0 Å². The van der Waals surface area contributed by atoms with Crippen molar-refractivity contribution < 1.29 is 14.7 Å². The van der Waals surface area contributed by atoms with Crippen LogP contribution < -0.4 is 5.69 Å². The van der Waals surface area contributed by atoms with Crippen LogP contribution in [0, 0.1) is 0 Å².